The molecule has 0 bridgehead atoms. The van der Waals surface area contributed by atoms with Gasteiger partial charge in [0.1, 0.15) is 10.6 Å². The van der Waals surface area contributed by atoms with Gasteiger partial charge in [0, 0.05) is 19.3 Å². The second kappa shape index (κ2) is 5.49. The Morgan fingerprint density at radius 3 is 2.57 bits per heavy atom. The first-order chi connectivity index (χ1) is 9.70. The van der Waals surface area contributed by atoms with Crippen LogP contribution in [0.4, 0.5) is 0 Å². The smallest absolute Gasteiger partial charge is 0.306 e. The summed E-state index contributed by atoms with van der Waals surface area (Å²) in [6.45, 7) is 0. The zero-order chi connectivity index (χ0) is 15.8. The molecule has 4 N–H and O–H groups in total. The standard InChI is InChI=1S/C12H17N3O5S/c1-15-6-9(5-10(15)11(13)16)21(19,20)14-8-3-2-7(4-8)12(17)18/h5-8,14H,2-4H2,1H3,(H2,13,16)(H,17,18)/t7-,8+/m0/s1. The van der Waals surface area contributed by atoms with E-state index in [2.05, 4.69) is 4.72 Å². The Labute approximate surface area is 122 Å². The van der Waals surface area contributed by atoms with Crippen LogP contribution in [-0.2, 0) is 21.9 Å². The van der Waals surface area contributed by atoms with Crippen LogP contribution in [0, 0.1) is 5.92 Å². The molecular formula is C12H17N3O5S. The van der Waals surface area contributed by atoms with Crippen LogP contribution in [0.1, 0.15) is 29.8 Å². The van der Waals surface area contributed by atoms with Crippen LogP contribution in [0.15, 0.2) is 17.2 Å². The number of hydrogen-bond acceptors (Lipinski definition) is 4. The van der Waals surface area contributed by atoms with E-state index in [0.717, 1.165) is 0 Å². The summed E-state index contributed by atoms with van der Waals surface area (Å²) in [5.74, 6) is -2.15. The highest BCUT2D eigenvalue weighted by Gasteiger charge is 2.33. The van der Waals surface area contributed by atoms with Crippen molar-refractivity contribution in [1.82, 2.24) is 9.29 Å². The number of amides is 1. The Morgan fingerprint density at radius 1 is 1.43 bits per heavy atom. The number of carboxylic acid groups (broad SMARTS) is 1. The molecule has 21 heavy (non-hydrogen) atoms. The number of nitrogens with one attached hydrogen (secondary N) is 1. The first-order valence-electron chi connectivity index (χ1n) is 6.42. The van der Waals surface area contributed by atoms with Crippen molar-refractivity contribution in [2.24, 2.45) is 18.7 Å². The minimum atomic E-state index is -3.80. The quantitative estimate of drug-likeness (QED) is 0.683. The molecule has 0 aromatic carbocycles. The molecule has 1 aromatic rings. The molecule has 116 valence electrons. The van der Waals surface area contributed by atoms with Crippen LogP contribution in [0.2, 0.25) is 0 Å². The van der Waals surface area contributed by atoms with Crippen LogP contribution in [0.5, 0.6) is 0 Å². The van der Waals surface area contributed by atoms with Gasteiger partial charge in [-0.3, -0.25) is 9.59 Å². The van der Waals surface area contributed by atoms with Crippen LogP contribution in [0.25, 0.3) is 0 Å². The fraction of sp³-hybridized carbons (Fsp3) is 0.500. The molecular weight excluding hydrogens is 298 g/mol. The van der Waals surface area contributed by atoms with Crippen molar-refractivity contribution in [3.63, 3.8) is 0 Å². The van der Waals surface area contributed by atoms with Crippen molar-refractivity contribution in [2.75, 3.05) is 0 Å². The van der Waals surface area contributed by atoms with E-state index in [4.69, 9.17) is 10.8 Å². The molecule has 1 aromatic heterocycles. The number of aliphatic carboxylic acids is 1. The maximum absolute atomic E-state index is 12.2. The van der Waals surface area contributed by atoms with Gasteiger partial charge >= 0.3 is 5.97 Å². The number of sulfonamides is 1. The average Bonchev–Trinajstić information content (AvgIpc) is 2.95. The maximum atomic E-state index is 12.2. The lowest BCUT2D eigenvalue weighted by Crippen LogP contribution is -2.33. The third-order valence-corrected chi connectivity index (χ3v) is 5.13. The highest BCUT2D eigenvalue weighted by Crippen LogP contribution is 2.27. The van der Waals surface area contributed by atoms with Gasteiger partial charge in [-0.15, -0.1) is 0 Å². The van der Waals surface area contributed by atoms with Gasteiger partial charge in [-0.2, -0.15) is 0 Å². The number of aryl methyl sites for hydroxylation is 1. The Morgan fingerprint density at radius 2 is 2.10 bits per heavy atom. The third kappa shape index (κ3) is 3.24. The van der Waals surface area contributed by atoms with Gasteiger partial charge in [0.05, 0.1) is 5.92 Å². The lowest BCUT2D eigenvalue weighted by atomic mass is 10.1. The molecule has 0 unspecified atom stereocenters. The molecule has 8 nitrogen and oxygen atoms in total. The van der Waals surface area contributed by atoms with Crippen molar-refractivity contribution >= 4 is 21.9 Å². The molecule has 1 fully saturated rings. The second-order valence-electron chi connectivity index (χ2n) is 5.20. The molecule has 1 saturated carbocycles. The number of rotatable bonds is 5. The fourth-order valence-electron chi connectivity index (χ4n) is 2.53. The van der Waals surface area contributed by atoms with Gasteiger partial charge in [-0.1, -0.05) is 0 Å². The number of nitrogens with zero attached hydrogens (tertiary/aromatic N) is 1. The van der Waals surface area contributed by atoms with E-state index in [-0.39, 0.29) is 17.0 Å². The Hall–Kier alpha value is -1.87. The summed E-state index contributed by atoms with van der Waals surface area (Å²) in [7, 11) is -2.28. The molecule has 1 heterocycles. The summed E-state index contributed by atoms with van der Waals surface area (Å²) in [4.78, 5) is 22.0. The van der Waals surface area contributed by atoms with E-state index < -0.39 is 33.9 Å². The van der Waals surface area contributed by atoms with Crippen molar-refractivity contribution in [3.05, 3.63) is 18.0 Å². The monoisotopic (exact) mass is 315 g/mol. The summed E-state index contributed by atoms with van der Waals surface area (Å²) >= 11 is 0. The van der Waals surface area contributed by atoms with Gasteiger partial charge in [0.2, 0.25) is 10.0 Å². The van der Waals surface area contributed by atoms with Gasteiger partial charge in [-0.25, -0.2) is 13.1 Å². The predicted octanol–water partition coefficient (Wildman–Crippen LogP) is -0.344. The van der Waals surface area contributed by atoms with Crippen LogP contribution >= 0.6 is 0 Å². The molecule has 1 aliphatic rings. The van der Waals surface area contributed by atoms with E-state index >= 15 is 0 Å². The zero-order valence-corrected chi connectivity index (χ0v) is 12.3. The van der Waals surface area contributed by atoms with Crippen LogP contribution in [-0.4, -0.2) is 36.0 Å². The summed E-state index contributed by atoms with van der Waals surface area (Å²) in [5.41, 5.74) is 5.23. The lowest BCUT2D eigenvalue weighted by molar-refractivity contribution is -0.141. The summed E-state index contributed by atoms with van der Waals surface area (Å²) < 4.78 is 28.3. The molecule has 0 aliphatic heterocycles. The number of carbonyl (C=O) groups is 2. The fourth-order valence-corrected chi connectivity index (χ4v) is 3.88. The number of nitrogens with two attached hydrogens (primary N) is 1. The Kier molecular flexibility index (Phi) is 4.06. The Balaban J connectivity index is 2.14. The van der Waals surface area contributed by atoms with E-state index in [1.807, 2.05) is 0 Å². The minimum absolute atomic E-state index is 0.0578. The molecule has 0 saturated heterocycles. The summed E-state index contributed by atoms with van der Waals surface area (Å²) in [6.07, 6.45) is 2.49. The summed E-state index contributed by atoms with van der Waals surface area (Å²) in [5, 5.41) is 8.92. The SMILES string of the molecule is Cn1cc(S(=O)(=O)N[C@@H]2CC[C@H](C(=O)O)C2)cc1C(N)=O. The topological polar surface area (TPSA) is 131 Å². The molecule has 2 rings (SSSR count). The maximum Gasteiger partial charge on any atom is 0.306 e. The molecule has 9 heteroatoms. The first kappa shape index (κ1) is 15.5. The lowest BCUT2D eigenvalue weighted by Gasteiger charge is -2.11. The largest absolute Gasteiger partial charge is 0.481 e. The summed E-state index contributed by atoms with van der Waals surface area (Å²) in [6, 6.07) is 0.794. The Bertz CT molecular complexity index is 679. The normalized spacial score (nSPS) is 22.3. The molecule has 0 spiro atoms. The van der Waals surface area contributed by atoms with Crippen molar-refractivity contribution in [3.8, 4) is 0 Å². The molecule has 0 radical (unpaired) electrons. The number of carbonyl (C=O) groups excluding carboxylic acids is 1. The number of hydrogen-bond donors (Lipinski definition) is 3. The van der Waals surface area contributed by atoms with Gasteiger partial charge in [0.25, 0.3) is 5.91 Å². The van der Waals surface area contributed by atoms with E-state index in [1.54, 1.807) is 0 Å². The molecule has 2 atom stereocenters. The van der Waals surface area contributed by atoms with Crippen molar-refractivity contribution in [1.29, 1.82) is 0 Å². The zero-order valence-electron chi connectivity index (χ0n) is 11.4. The highest BCUT2D eigenvalue weighted by atomic mass is 32.2. The van der Waals surface area contributed by atoms with E-state index in [0.29, 0.717) is 12.8 Å². The van der Waals surface area contributed by atoms with Crippen LogP contribution < -0.4 is 10.5 Å². The highest BCUT2D eigenvalue weighted by molar-refractivity contribution is 7.89. The van der Waals surface area contributed by atoms with E-state index in [9.17, 15) is 18.0 Å². The van der Waals surface area contributed by atoms with Crippen LogP contribution in [0.3, 0.4) is 0 Å². The van der Waals surface area contributed by atoms with Crippen molar-refractivity contribution < 1.29 is 23.1 Å². The predicted molar refractivity (Wildman–Crippen MR) is 73.0 cm³/mol. The molecule has 1 aliphatic carbocycles. The molecule has 1 amide bonds. The van der Waals surface area contributed by atoms with Gasteiger partial charge < -0.3 is 15.4 Å². The second-order valence-corrected chi connectivity index (χ2v) is 6.92. The first-order valence-corrected chi connectivity index (χ1v) is 7.90. The number of primary amides is 1. The third-order valence-electron chi connectivity index (χ3n) is 3.65. The number of carboxylic acids is 1. The number of aromatic nitrogens is 1. The van der Waals surface area contributed by atoms with Gasteiger partial charge in [-0.05, 0) is 25.3 Å². The van der Waals surface area contributed by atoms with Crippen molar-refractivity contribution in [2.45, 2.75) is 30.2 Å². The average molecular weight is 315 g/mol. The minimum Gasteiger partial charge on any atom is -0.481 e. The van der Waals surface area contributed by atoms with Gasteiger partial charge in [0.15, 0.2) is 0 Å². The van der Waals surface area contributed by atoms with E-state index in [1.165, 1.54) is 23.9 Å².